The number of rotatable bonds is 3. The maximum Gasteiger partial charge on any atom is 0.236 e. The lowest BCUT2D eigenvalue weighted by Crippen LogP contribution is -2.50. The van der Waals surface area contributed by atoms with E-state index in [9.17, 15) is 4.79 Å². The Morgan fingerprint density at radius 3 is 2.70 bits per heavy atom. The summed E-state index contributed by atoms with van der Waals surface area (Å²) in [5.41, 5.74) is 6.29. The van der Waals surface area contributed by atoms with E-state index < -0.39 is 0 Å². The molecular formula is C16H18ClN5O. The molecule has 2 aromatic rings. The highest BCUT2D eigenvalue weighted by atomic mass is 35.5. The molecule has 2 heterocycles. The minimum absolute atomic E-state index is 0.00745. The number of aromatic nitrogens is 2. The zero-order valence-electron chi connectivity index (χ0n) is 12.7. The van der Waals surface area contributed by atoms with Crippen LogP contribution in [0.4, 0.5) is 5.82 Å². The lowest BCUT2D eigenvalue weighted by molar-refractivity contribution is -0.129. The average molecular weight is 332 g/mol. The highest BCUT2D eigenvalue weighted by Crippen LogP contribution is 2.22. The van der Waals surface area contributed by atoms with Crippen LogP contribution in [0, 0.1) is 0 Å². The number of nitrogens with zero attached hydrogens (tertiary/aromatic N) is 4. The van der Waals surface area contributed by atoms with Gasteiger partial charge >= 0.3 is 0 Å². The first kappa shape index (κ1) is 15.7. The quantitative estimate of drug-likeness (QED) is 0.920. The third kappa shape index (κ3) is 3.60. The van der Waals surface area contributed by atoms with Crippen LogP contribution < -0.4 is 10.6 Å². The fourth-order valence-corrected chi connectivity index (χ4v) is 2.80. The molecule has 0 aliphatic carbocycles. The number of hydrogen-bond acceptors (Lipinski definition) is 5. The molecule has 0 unspecified atom stereocenters. The number of anilines is 1. The van der Waals surface area contributed by atoms with E-state index >= 15 is 0 Å². The van der Waals surface area contributed by atoms with Crippen molar-refractivity contribution >= 4 is 23.3 Å². The van der Waals surface area contributed by atoms with E-state index in [2.05, 4.69) is 14.9 Å². The fraction of sp³-hybridized carbons (Fsp3) is 0.312. The van der Waals surface area contributed by atoms with Crippen molar-refractivity contribution in [3.8, 4) is 11.4 Å². The molecule has 0 atom stereocenters. The van der Waals surface area contributed by atoms with Crippen molar-refractivity contribution in [2.24, 2.45) is 5.73 Å². The standard InChI is InChI=1S/C16H18ClN5O/c17-13-3-1-2-12(10-13)16-19-5-4-14(20-16)21-6-8-22(9-7-21)15(23)11-18/h1-5,10H,6-9,11,18H2. The van der Waals surface area contributed by atoms with Crippen molar-refractivity contribution in [2.45, 2.75) is 0 Å². The van der Waals surface area contributed by atoms with Crippen molar-refractivity contribution < 1.29 is 4.79 Å². The van der Waals surface area contributed by atoms with Crippen molar-refractivity contribution in [1.29, 1.82) is 0 Å². The molecule has 23 heavy (non-hydrogen) atoms. The number of halogens is 1. The summed E-state index contributed by atoms with van der Waals surface area (Å²) in [6.07, 6.45) is 1.75. The third-order valence-electron chi connectivity index (χ3n) is 3.85. The van der Waals surface area contributed by atoms with E-state index in [-0.39, 0.29) is 12.5 Å². The van der Waals surface area contributed by atoms with Crippen LogP contribution in [0.5, 0.6) is 0 Å². The summed E-state index contributed by atoms with van der Waals surface area (Å²) in [7, 11) is 0. The molecule has 1 aliphatic rings. The van der Waals surface area contributed by atoms with Crippen LogP contribution in [-0.4, -0.2) is 53.5 Å². The lowest BCUT2D eigenvalue weighted by Gasteiger charge is -2.35. The van der Waals surface area contributed by atoms with E-state index in [0.29, 0.717) is 23.9 Å². The fourth-order valence-electron chi connectivity index (χ4n) is 2.61. The van der Waals surface area contributed by atoms with Gasteiger partial charge in [0.2, 0.25) is 5.91 Å². The maximum absolute atomic E-state index is 11.6. The number of carbonyl (C=O) groups is 1. The molecule has 0 bridgehead atoms. The monoisotopic (exact) mass is 331 g/mol. The van der Waals surface area contributed by atoms with Crippen LogP contribution in [0.25, 0.3) is 11.4 Å². The summed E-state index contributed by atoms with van der Waals surface area (Å²) in [5, 5.41) is 0.658. The third-order valence-corrected chi connectivity index (χ3v) is 4.09. The van der Waals surface area contributed by atoms with Gasteiger partial charge in [0.15, 0.2) is 5.82 Å². The molecule has 7 heteroatoms. The Hall–Kier alpha value is -2.18. The zero-order chi connectivity index (χ0) is 16.2. The van der Waals surface area contributed by atoms with E-state index in [1.54, 1.807) is 11.1 Å². The first-order valence-electron chi connectivity index (χ1n) is 7.49. The molecule has 2 N–H and O–H groups in total. The van der Waals surface area contributed by atoms with Crippen LogP contribution in [0.1, 0.15) is 0 Å². The predicted octanol–water partition coefficient (Wildman–Crippen LogP) is 1.40. The molecule has 6 nitrogen and oxygen atoms in total. The Balaban J connectivity index is 1.75. The summed E-state index contributed by atoms with van der Waals surface area (Å²) >= 11 is 6.03. The van der Waals surface area contributed by atoms with E-state index in [1.165, 1.54) is 0 Å². The SMILES string of the molecule is NCC(=O)N1CCN(c2ccnc(-c3cccc(Cl)c3)n2)CC1. The second-order valence-electron chi connectivity index (χ2n) is 5.32. The van der Waals surface area contributed by atoms with Crippen molar-refractivity contribution in [1.82, 2.24) is 14.9 Å². The zero-order valence-corrected chi connectivity index (χ0v) is 13.4. The van der Waals surface area contributed by atoms with Gasteiger partial charge in [-0.2, -0.15) is 0 Å². The molecule has 1 aliphatic heterocycles. The van der Waals surface area contributed by atoms with Gasteiger partial charge in [-0.3, -0.25) is 4.79 Å². The molecule has 1 fully saturated rings. The second kappa shape index (κ2) is 6.93. The van der Waals surface area contributed by atoms with Gasteiger partial charge in [-0.05, 0) is 18.2 Å². The van der Waals surface area contributed by atoms with Gasteiger partial charge in [-0.15, -0.1) is 0 Å². The largest absolute Gasteiger partial charge is 0.353 e. The van der Waals surface area contributed by atoms with Crippen LogP contribution in [0.3, 0.4) is 0 Å². The topological polar surface area (TPSA) is 75.4 Å². The van der Waals surface area contributed by atoms with Gasteiger partial charge in [0, 0.05) is 43.0 Å². The van der Waals surface area contributed by atoms with Gasteiger partial charge < -0.3 is 15.5 Å². The summed E-state index contributed by atoms with van der Waals surface area (Å²) in [5.74, 6) is 1.49. The average Bonchev–Trinajstić information content (AvgIpc) is 2.61. The van der Waals surface area contributed by atoms with Gasteiger partial charge in [0.05, 0.1) is 6.54 Å². The molecule has 1 aromatic heterocycles. The predicted molar refractivity (Wildman–Crippen MR) is 90.3 cm³/mol. The smallest absolute Gasteiger partial charge is 0.236 e. The van der Waals surface area contributed by atoms with Crippen LogP contribution in [-0.2, 0) is 4.79 Å². The molecule has 0 saturated carbocycles. The van der Waals surface area contributed by atoms with E-state index in [4.69, 9.17) is 17.3 Å². The summed E-state index contributed by atoms with van der Waals surface area (Å²) < 4.78 is 0. The molecule has 1 aromatic carbocycles. The number of nitrogens with two attached hydrogens (primary N) is 1. The van der Waals surface area contributed by atoms with Gasteiger partial charge in [-0.1, -0.05) is 23.7 Å². The minimum atomic E-state index is -0.00745. The molecule has 1 saturated heterocycles. The Kier molecular flexibility index (Phi) is 4.73. The van der Waals surface area contributed by atoms with Gasteiger partial charge in [0.25, 0.3) is 0 Å². The van der Waals surface area contributed by atoms with E-state index in [0.717, 1.165) is 24.5 Å². The second-order valence-corrected chi connectivity index (χ2v) is 5.76. The Labute approximate surface area is 139 Å². The Morgan fingerprint density at radius 2 is 2.00 bits per heavy atom. The van der Waals surface area contributed by atoms with Crippen molar-refractivity contribution in [3.63, 3.8) is 0 Å². The van der Waals surface area contributed by atoms with Gasteiger partial charge in [-0.25, -0.2) is 9.97 Å². The minimum Gasteiger partial charge on any atom is -0.353 e. The molecule has 1 amide bonds. The van der Waals surface area contributed by atoms with Crippen LogP contribution in [0.15, 0.2) is 36.5 Å². The highest BCUT2D eigenvalue weighted by molar-refractivity contribution is 6.30. The summed E-state index contributed by atoms with van der Waals surface area (Å²) in [4.78, 5) is 24.5. The summed E-state index contributed by atoms with van der Waals surface area (Å²) in [6.45, 7) is 2.85. The van der Waals surface area contributed by atoms with Crippen LogP contribution in [0.2, 0.25) is 5.02 Å². The highest BCUT2D eigenvalue weighted by Gasteiger charge is 2.21. The number of hydrogen-bond donors (Lipinski definition) is 1. The number of amides is 1. The number of benzene rings is 1. The molecule has 0 spiro atoms. The molecular weight excluding hydrogens is 314 g/mol. The van der Waals surface area contributed by atoms with Gasteiger partial charge in [0.1, 0.15) is 5.82 Å². The van der Waals surface area contributed by atoms with Crippen molar-refractivity contribution in [2.75, 3.05) is 37.6 Å². The van der Waals surface area contributed by atoms with E-state index in [1.807, 2.05) is 30.3 Å². The number of carbonyl (C=O) groups excluding carboxylic acids is 1. The first-order valence-corrected chi connectivity index (χ1v) is 7.87. The molecule has 3 rings (SSSR count). The summed E-state index contributed by atoms with van der Waals surface area (Å²) in [6, 6.07) is 9.36. The number of piperazine rings is 1. The maximum atomic E-state index is 11.6. The van der Waals surface area contributed by atoms with Crippen LogP contribution >= 0.6 is 11.6 Å². The van der Waals surface area contributed by atoms with Crippen molar-refractivity contribution in [3.05, 3.63) is 41.6 Å². The Morgan fingerprint density at radius 1 is 1.22 bits per heavy atom. The molecule has 120 valence electrons. The normalized spacial score (nSPS) is 14.9. The lowest BCUT2D eigenvalue weighted by atomic mass is 10.2. The first-order chi connectivity index (χ1) is 11.2. The molecule has 0 radical (unpaired) electrons. The Bertz CT molecular complexity index is 700.